The van der Waals surface area contributed by atoms with Crippen LogP contribution in [0.5, 0.6) is 0 Å². The summed E-state index contributed by atoms with van der Waals surface area (Å²) in [5.41, 5.74) is 3.40. The van der Waals surface area contributed by atoms with Gasteiger partial charge in [-0.3, -0.25) is 4.79 Å². The highest BCUT2D eigenvalue weighted by Gasteiger charge is 2.27. The molecule has 5 heteroatoms. The van der Waals surface area contributed by atoms with Crippen LogP contribution >= 0.6 is 0 Å². The van der Waals surface area contributed by atoms with Gasteiger partial charge in [0.2, 0.25) is 0 Å². The van der Waals surface area contributed by atoms with Crippen molar-refractivity contribution in [3.63, 3.8) is 0 Å². The van der Waals surface area contributed by atoms with Gasteiger partial charge in [0.1, 0.15) is 5.69 Å². The van der Waals surface area contributed by atoms with Crippen LogP contribution in [0.4, 0.5) is 0 Å². The van der Waals surface area contributed by atoms with Crippen LogP contribution in [-0.4, -0.2) is 35.4 Å². The molecule has 3 aromatic rings. The number of carbonyl (C=O) groups excluding carboxylic acids is 2. The summed E-state index contributed by atoms with van der Waals surface area (Å²) in [5, 5.41) is 0.950. The van der Waals surface area contributed by atoms with Crippen molar-refractivity contribution in [3.8, 4) is 0 Å². The summed E-state index contributed by atoms with van der Waals surface area (Å²) in [6, 6.07) is 19.2. The Labute approximate surface area is 163 Å². The largest absolute Gasteiger partial charge is 0.451 e. The molecule has 0 saturated heterocycles. The number of esters is 1. The first kappa shape index (κ1) is 18.2. The first-order valence-electron chi connectivity index (χ1n) is 9.50. The van der Waals surface area contributed by atoms with Gasteiger partial charge in [-0.2, -0.15) is 0 Å². The van der Waals surface area contributed by atoms with Crippen LogP contribution in [0.3, 0.4) is 0 Å². The zero-order valence-corrected chi connectivity index (χ0v) is 15.8. The molecular formula is C23H22N2O3. The smallest absolute Gasteiger partial charge is 0.357 e. The summed E-state index contributed by atoms with van der Waals surface area (Å²) in [6.45, 7) is -0.289. The van der Waals surface area contributed by atoms with Gasteiger partial charge in [0.15, 0.2) is 6.61 Å². The molecule has 0 fully saturated rings. The molecule has 28 heavy (non-hydrogen) atoms. The predicted octanol–water partition coefficient (Wildman–Crippen LogP) is 3.93. The maximum absolute atomic E-state index is 12.6. The molecule has 4 rings (SSSR count). The molecule has 142 valence electrons. The first-order valence-corrected chi connectivity index (χ1v) is 9.50. The number of aromatic nitrogens is 1. The average Bonchev–Trinajstić information content (AvgIpc) is 2.76. The minimum absolute atomic E-state index is 0.0231. The third-order valence-corrected chi connectivity index (χ3v) is 5.33. The molecule has 1 aromatic heterocycles. The lowest BCUT2D eigenvalue weighted by Crippen LogP contribution is -2.36. The van der Waals surface area contributed by atoms with Crippen LogP contribution in [0.25, 0.3) is 10.9 Å². The maximum atomic E-state index is 12.6. The van der Waals surface area contributed by atoms with E-state index in [0.717, 1.165) is 30.2 Å². The number of hydrogen-bond acceptors (Lipinski definition) is 4. The predicted molar refractivity (Wildman–Crippen MR) is 107 cm³/mol. The molecular weight excluding hydrogens is 352 g/mol. The van der Waals surface area contributed by atoms with Gasteiger partial charge < -0.3 is 9.64 Å². The van der Waals surface area contributed by atoms with Crippen LogP contribution in [-0.2, 0) is 16.0 Å². The van der Waals surface area contributed by atoms with E-state index < -0.39 is 5.97 Å². The molecule has 0 saturated carbocycles. The minimum Gasteiger partial charge on any atom is -0.451 e. The highest BCUT2D eigenvalue weighted by molar-refractivity contribution is 5.92. The number of fused-ring (bicyclic) bond motifs is 2. The summed E-state index contributed by atoms with van der Waals surface area (Å²) in [6.07, 6.45) is 3.00. The second-order valence-corrected chi connectivity index (χ2v) is 7.08. The lowest BCUT2D eigenvalue weighted by atomic mass is 9.87. The molecule has 0 radical (unpaired) electrons. The van der Waals surface area contributed by atoms with Gasteiger partial charge >= 0.3 is 5.97 Å². The van der Waals surface area contributed by atoms with Crippen molar-refractivity contribution in [2.75, 3.05) is 13.7 Å². The van der Waals surface area contributed by atoms with E-state index in [1.54, 1.807) is 18.0 Å². The van der Waals surface area contributed by atoms with E-state index >= 15 is 0 Å². The summed E-state index contributed by atoms with van der Waals surface area (Å²) in [4.78, 5) is 31.0. The third-order valence-electron chi connectivity index (χ3n) is 5.33. The van der Waals surface area contributed by atoms with Crippen LogP contribution in [0.2, 0.25) is 0 Å². The van der Waals surface area contributed by atoms with E-state index in [1.165, 1.54) is 11.1 Å². The fourth-order valence-electron chi connectivity index (χ4n) is 3.79. The molecule has 1 aliphatic rings. The van der Waals surface area contributed by atoms with Crippen LogP contribution in [0.1, 0.15) is 40.5 Å². The van der Waals surface area contributed by atoms with Gasteiger partial charge in [0.05, 0.1) is 11.6 Å². The highest BCUT2D eigenvalue weighted by Crippen LogP contribution is 2.33. The molecule has 5 nitrogen and oxygen atoms in total. The normalized spacial score (nSPS) is 15.7. The molecule has 1 atom stereocenters. The molecule has 1 aliphatic carbocycles. The number of amides is 1. The van der Waals surface area contributed by atoms with Crippen molar-refractivity contribution in [3.05, 3.63) is 77.5 Å². The van der Waals surface area contributed by atoms with Crippen LogP contribution in [0, 0.1) is 0 Å². The number of carbonyl (C=O) groups is 2. The minimum atomic E-state index is -0.587. The van der Waals surface area contributed by atoms with E-state index in [2.05, 4.69) is 17.1 Å². The van der Waals surface area contributed by atoms with E-state index in [-0.39, 0.29) is 24.2 Å². The molecule has 1 heterocycles. The van der Waals surface area contributed by atoms with Crippen LogP contribution in [0.15, 0.2) is 60.7 Å². The Hall–Kier alpha value is -3.21. The zero-order chi connectivity index (χ0) is 19.5. The first-order chi connectivity index (χ1) is 13.6. The Kier molecular flexibility index (Phi) is 5.06. The van der Waals surface area contributed by atoms with Crippen molar-refractivity contribution in [1.29, 1.82) is 0 Å². The lowest BCUT2D eigenvalue weighted by molar-refractivity contribution is -0.135. The number of ether oxygens (including phenoxy) is 1. The average molecular weight is 374 g/mol. The third kappa shape index (κ3) is 3.60. The molecule has 0 unspecified atom stereocenters. The Morgan fingerprint density at radius 3 is 2.75 bits per heavy atom. The Balaban J connectivity index is 1.41. The highest BCUT2D eigenvalue weighted by atomic mass is 16.5. The molecule has 2 aromatic carbocycles. The zero-order valence-electron chi connectivity index (χ0n) is 15.8. The fraction of sp³-hybridized carbons (Fsp3) is 0.261. The molecule has 0 spiro atoms. The monoisotopic (exact) mass is 374 g/mol. The van der Waals surface area contributed by atoms with Crippen molar-refractivity contribution in [1.82, 2.24) is 9.88 Å². The lowest BCUT2D eigenvalue weighted by Gasteiger charge is -2.33. The summed E-state index contributed by atoms with van der Waals surface area (Å²) in [7, 11) is 1.78. The number of aryl methyl sites for hydroxylation is 1. The second kappa shape index (κ2) is 7.80. The van der Waals surface area contributed by atoms with E-state index in [4.69, 9.17) is 4.74 Å². The van der Waals surface area contributed by atoms with Gasteiger partial charge in [-0.1, -0.05) is 48.5 Å². The number of hydrogen-bond donors (Lipinski definition) is 0. The summed E-state index contributed by atoms with van der Waals surface area (Å²) >= 11 is 0. The molecule has 1 amide bonds. The van der Waals surface area contributed by atoms with Crippen molar-refractivity contribution >= 4 is 22.8 Å². The van der Waals surface area contributed by atoms with Gasteiger partial charge in [0, 0.05) is 12.4 Å². The molecule has 0 N–H and O–H groups in total. The number of nitrogens with zero attached hydrogens (tertiary/aromatic N) is 2. The Morgan fingerprint density at radius 1 is 1.07 bits per heavy atom. The van der Waals surface area contributed by atoms with E-state index in [0.29, 0.717) is 0 Å². The quantitative estimate of drug-likeness (QED) is 0.649. The molecule has 0 bridgehead atoms. The number of pyridine rings is 1. The number of benzene rings is 2. The van der Waals surface area contributed by atoms with Crippen molar-refractivity contribution in [2.45, 2.75) is 25.3 Å². The van der Waals surface area contributed by atoms with Gasteiger partial charge in [-0.05, 0) is 42.5 Å². The topological polar surface area (TPSA) is 59.5 Å². The van der Waals surface area contributed by atoms with Gasteiger partial charge in [-0.25, -0.2) is 9.78 Å². The fourth-order valence-corrected chi connectivity index (χ4v) is 3.79. The summed E-state index contributed by atoms with van der Waals surface area (Å²) in [5.74, 6) is -0.799. The van der Waals surface area contributed by atoms with Gasteiger partial charge in [-0.15, -0.1) is 0 Å². The number of para-hydroxylation sites is 1. The molecule has 0 aliphatic heterocycles. The van der Waals surface area contributed by atoms with E-state index in [1.807, 2.05) is 42.5 Å². The number of likely N-dealkylation sites (N-methyl/N-ethyl adjacent to an activating group) is 1. The van der Waals surface area contributed by atoms with Crippen molar-refractivity contribution in [2.24, 2.45) is 0 Å². The maximum Gasteiger partial charge on any atom is 0.357 e. The SMILES string of the molecule is CN(C(=O)COC(=O)c1ccc2ccccc2n1)[C@H]1CCCc2ccccc21. The standard InChI is InChI=1S/C23H22N2O3/c1-25(21-12-6-9-16-7-2-4-10-18(16)21)22(26)15-28-23(27)20-14-13-17-8-3-5-11-19(17)24-20/h2-5,7-8,10-11,13-14,21H,6,9,12,15H2,1H3/t21-/m0/s1. The Bertz CT molecular complexity index is 1030. The number of rotatable bonds is 4. The van der Waals surface area contributed by atoms with Crippen molar-refractivity contribution < 1.29 is 14.3 Å². The Morgan fingerprint density at radius 2 is 1.86 bits per heavy atom. The van der Waals surface area contributed by atoms with Gasteiger partial charge in [0.25, 0.3) is 5.91 Å². The summed E-state index contributed by atoms with van der Waals surface area (Å²) < 4.78 is 5.25. The van der Waals surface area contributed by atoms with E-state index in [9.17, 15) is 9.59 Å². The van der Waals surface area contributed by atoms with Crippen LogP contribution < -0.4 is 0 Å². The second-order valence-electron chi connectivity index (χ2n) is 7.08.